The van der Waals surface area contributed by atoms with Crippen LogP contribution in [0.5, 0.6) is 0 Å². The summed E-state index contributed by atoms with van der Waals surface area (Å²) >= 11 is 3.28. The van der Waals surface area contributed by atoms with Crippen molar-refractivity contribution in [1.82, 2.24) is 0 Å². The molecule has 0 aliphatic heterocycles. The van der Waals surface area contributed by atoms with E-state index in [0.717, 1.165) is 10.5 Å². The quantitative estimate of drug-likeness (QED) is 0.633. The van der Waals surface area contributed by atoms with Crippen molar-refractivity contribution in [2.45, 2.75) is 4.90 Å². The van der Waals surface area contributed by atoms with Crippen LogP contribution in [0.15, 0.2) is 45.1 Å². The minimum absolute atomic E-state index is 0.518. The Morgan fingerprint density at radius 1 is 1.47 bits per heavy atom. The fraction of sp³-hybridized carbons (Fsp3) is 0.100. The van der Waals surface area contributed by atoms with Crippen molar-refractivity contribution in [1.29, 1.82) is 0 Å². The highest BCUT2D eigenvalue weighted by Gasteiger charge is 2.04. The van der Waals surface area contributed by atoms with Gasteiger partial charge in [-0.3, -0.25) is 0 Å². The first-order valence-electron chi connectivity index (χ1n) is 4.06. The van der Waals surface area contributed by atoms with Crippen LogP contribution in [0.2, 0.25) is 0 Å². The Bertz CT molecular complexity index is 415. The maximum atomic E-state index is 11.7. The molecule has 0 aliphatic carbocycles. The first-order chi connectivity index (χ1) is 7.15. The number of carbonyl (C=O) groups excluding carboxylic acids is 1. The molecule has 0 amide bonds. The predicted molar refractivity (Wildman–Crippen MR) is 61.7 cm³/mol. The van der Waals surface area contributed by atoms with Gasteiger partial charge in [0.05, 0.1) is 22.8 Å². The first kappa shape index (κ1) is 12.1. The van der Waals surface area contributed by atoms with E-state index in [1.807, 2.05) is 6.07 Å². The summed E-state index contributed by atoms with van der Waals surface area (Å²) in [6.45, 7) is 0. The molecular formula is C10H9BrO3S. The van der Waals surface area contributed by atoms with Crippen LogP contribution in [-0.4, -0.2) is 17.3 Å². The van der Waals surface area contributed by atoms with Crippen molar-refractivity contribution in [3.05, 3.63) is 40.2 Å². The zero-order valence-corrected chi connectivity index (χ0v) is 10.4. The fourth-order valence-electron chi connectivity index (χ4n) is 0.867. The summed E-state index contributed by atoms with van der Waals surface area (Å²) in [5.74, 6) is -0.518. The lowest BCUT2D eigenvalue weighted by atomic mass is 10.4. The molecule has 0 N–H and O–H groups in total. The van der Waals surface area contributed by atoms with E-state index < -0.39 is 16.8 Å². The third-order valence-corrected chi connectivity index (χ3v) is 3.71. The number of hydrogen-bond acceptors (Lipinski definition) is 3. The molecule has 1 aromatic rings. The van der Waals surface area contributed by atoms with E-state index in [1.165, 1.54) is 12.5 Å². The molecule has 1 unspecified atom stereocenters. The molecule has 80 valence electrons. The summed E-state index contributed by atoms with van der Waals surface area (Å²) in [6.07, 6.45) is 1.15. The largest absolute Gasteiger partial charge is 0.466 e. The van der Waals surface area contributed by atoms with Crippen molar-refractivity contribution < 1.29 is 13.7 Å². The third-order valence-electron chi connectivity index (χ3n) is 1.58. The molecule has 0 saturated heterocycles. The Morgan fingerprint density at radius 2 is 2.13 bits per heavy atom. The van der Waals surface area contributed by atoms with Gasteiger partial charge in [0.2, 0.25) is 0 Å². The highest BCUT2D eigenvalue weighted by atomic mass is 79.9. The van der Waals surface area contributed by atoms with Crippen LogP contribution in [-0.2, 0) is 20.3 Å². The van der Waals surface area contributed by atoms with Gasteiger partial charge in [-0.05, 0) is 28.1 Å². The Kier molecular flexibility index (Phi) is 4.71. The number of rotatable bonds is 3. The van der Waals surface area contributed by atoms with Crippen LogP contribution in [0.3, 0.4) is 0 Å². The Labute approximate surface area is 98.7 Å². The van der Waals surface area contributed by atoms with Crippen LogP contribution in [0.25, 0.3) is 0 Å². The summed E-state index contributed by atoms with van der Waals surface area (Å²) in [5, 5.41) is 1.30. The van der Waals surface area contributed by atoms with Crippen LogP contribution in [0.4, 0.5) is 0 Å². The van der Waals surface area contributed by atoms with Crippen molar-refractivity contribution in [2.75, 3.05) is 7.11 Å². The highest BCUT2D eigenvalue weighted by Crippen LogP contribution is 2.20. The molecule has 0 aromatic heterocycles. The molecule has 5 heteroatoms. The average molecular weight is 289 g/mol. The van der Waals surface area contributed by atoms with Crippen LogP contribution in [0.1, 0.15) is 0 Å². The third kappa shape index (κ3) is 3.60. The molecule has 1 atom stereocenters. The second kappa shape index (κ2) is 5.82. The molecule has 0 aliphatic rings. The maximum absolute atomic E-state index is 11.7. The molecule has 1 rings (SSSR count). The lowest BCUT2D eigenvalue weighted by molar-refractivity contribution is -0.134. The smallest absolute Gasteiger partial charge is 0.331 e. The van der Waals surface area contributed by atoms with Crippen molar-refractivity contribution in [2.24, 2.45) is 0 Å². The summed E-state index contributed by atoms with van der Waals surface area (Å²) < 4.78 is 16.8. The fourth-order valence-corrected chi connectivity index (χ4v) is 2.48. The minimum atomic E-state index is -1.35. The van der Waals surface area contributed by atoms with E-state index in [2.05, 4.69) is 20.7 Å². The molecule has 0 heterocycles. The summed E-state index contributed by atoms with van der Waals surface area (Å²) in [4.78, 5) is 11.4. The Hall–Kier alpha value is -0.940. The SMILES string of the molecule is COC(=O)/C=C\S(=O)c1ccccc1Br. The van der Waals surface area contributed by atoms with Gasteiger partial charge in [-0.25, -0.2) is 9.00 Å². The summed E-state index contributed by atoms with van der Waals surface area (Å²) in [7, 11) is -0.0736. The monoisotopic (exact) mass is 288 g/mol. The number of halogens is 1. The molecular weight excluding hydrogens is 280 g/mol. The van der Waals surface area contributed by atoms with Gasteiger partial charge in [-0.15, -0.1) is 0 Å². The van der Waals surface area contributed by atoms with E-state index in [4.69, 9.17) is 0 Å². The Balaban J connectivity index is 2.83. The summed E-state index contributed by atoms with van der Waals surface area (Å²) in [6, 6.07) is 7.12. The number of benzene rings is 1. The van der Waals surface area contributed by atoms with Crippen LogP contribution < -0.4 is 0 Å². The number of methoxy groups -OCH3 is 1. The molecule has 0 spiro atoms. The molecule has 0 bridgehead atoms. The number of hydrogen-bond donors (Lipinski definition) is 0. The molecule has 1 aromatic carbocycles. The van der Waals surface area contributed by atoms with Gasteiger partial charge in [0.15, 0.2) is 0 Å². The van der Waals surface area contributed by atoms with Crippen molar-refractivity contribution in [3.8, 4) is 0 Å². The molecule has 0 radical (unpaired) electrons. The molecule has 0 fully saturated rings. The van der Waals surface area contributed by atoms with Gasteiger partial charge in [0.1, 0.15) is 0 Å². The number of carbonyl (C=O) groups is 1. The molecule has 15 heavy (non-hydrogen) atoms. The first-order valence-corrected chi connectivity index (χ1v) is 6.07. The highest BCUT2D eigenvalue weighted by molar-refractivity contribution is 9.10. The topological polar surface area (TPSA) is 43.4 Å². The van der Waals surface area contributed by atoms with Crippen molar-refractivity contribution >= 4 is 32.7 Å². The van der Waals surface area contributed by atoms with E-state index >= 15 is 0 Å². The van der Waals surface area contributed by atoms with Gasteiger partial charge in [-0.1, -0.05) is 12.1 Å². The lowest BCUT2D eigenvalue weighted by Gasteiger charge is -1.99. The zero-order chi connectivity index (χ0) is 11.3. The van der Waals surface area contributed by atoms with Gasteiger partial charge >= 0.3 is 5.97 Å². The number of esters is 1. The predicted octanol–water partition coefficient (Wildman–Crippen LogP) is 2.24. The van der Waals surface area contributed by atoms with Gasteiger partial charge in [-0.2, -0.15) is 0 Å². The normalized spacial score (nSPS) is 12.7. The minimum Gasteiger partial charge on any atom is -0.466 e. The summed E-state index contributed by atoms with van der Waals surface area (Å²) in [5.41, 5.74) is 0. The molecule has 3 nitrogen and oxygen atoms in total. The second-order valence-corrected chi connectivity index (χ2v) is 4.71. The zero-order valence-electron chi connectivity index (χ0n) is 7.98. The van der Waals surface area contributed by atoms with Gasteiger partial charge < -0.3 is 4.74 Å². The van der Waals surface area contributed by atoms with Crippen molar-refractivity contribution in [3.63, 3.8) is 0 Å². The lowest BCUT2D eigenvalue weighted by Crippen LogP contribution is -1.95. The maximum Gasteiger partial charge on any atom is 0.331 e. The standard InChI is InChI=1S/C10H9BrO3S/c1-14-10(12)6-7-15(13)9-5-3-2-4-8(9)11/h2-7H,1H3/b7-6-. The molecule has 0 saturated carbocycles. The van der Waals surface area contributed by atoms with Crippen LogP contribution in [0, 0.1) is 0 Å². The van der Waals surface area contributed by atoms with Gasteiger partial charge in [0, 0.05) is 16.0 Å². The van der Waals surface area contributed by atoms with E-state index in [9.17, 15) is 9.00 Å². The van der Waals surface area contributed by atoms with Crippen LogP contribution >= 0.6 is 15.9 Å². The average Bonchev–Trinajstić information content (AvgIpc) is 2.26. The Morgan fingerprint density at radius 3 is 2.73 bits per heavy atom. The van der Waals surface area contributed by atoms with Gasteiger partial charge in [0.25, 0.3) is 0 Å². The van der Waals surface area contributed by atoms with E-state index in [1.54, 1.807) is 18.2 Å². The van der Waals surface area contributed by atoms with E-state index in [0.29, 0.717) is 4.90 Å². The second-order valence-electron chi connectivity index (χ2n) is 2.55. The van der Waals surface area contributed by atoms with E-state index in [-0.39, 0.29) is 0 Å². The number of ether oxygens (including phenoxy) is 1.